The van der Waals surface area contributed by atoms with Gasteiger partial charge in [-0.3, -0.25) is 4.55 Å². The van der Waals surface area contributed by atoms with E-state index in [1.54, 1.807) is 18.2 Å². The Morgan fingerprint density at radius 2 is 1.43 bits per heavy atom. The molecular weight excluding hydrogens is 312 g/mol. The number of fused-ring (bicyclic) bond motifs is 1. The Morgan fingerprint density at radius 1 is 0.826 bits per heavy atom. The van der Waals surface area contributed by atoms with Crippen molar-refractivity contribution in [1.29, 1.82) is 0 Å². The third-order valence-corrected chi connectivity index (χ3v) is 4.45. The molecule has 0 amide bonds. The van der Waals surface area contributed by atoms with Crippen LogP contribution in [0.4, 0.5) is 0 Å². The van der Waals surface area contributed by atoms with Gasteiger partial charge in [-0.2, -0.15) is 8.42 Å². The quantitative estimate of drug-likeness (QED) is 0.747. The van der Waals surface area contributed by atoms with Crippen molar-refractivity contribution in [3.05, 3.63) is 77.9 Å². The second-order valence-electron chi connectivity index (χ2n) is 4.91. The zero-order valence-corrected chi connectivity index (χ0v) is 13.2. The van der Waals surface area contributed by atoms with Gasteiger partial charge in [0.1, 0.15) is 11.7 Å². The first-order valence-electron chi connectivity index (χ1n) is 6.86. The Labute approximate surface area is 135 Å². The Morgan fingerprint density at radius 3 is 2.09 bits per heavy atom. The van der Waals surface area contributed by atoms with Gasteiger partial charge in [-0.1, -0.05) is 66.7 Å². The van der Waals surface area contributed by atoms with Crippen LogP contribution >= 0.6 is 0 Å². The first-order chi connectivity index (χ1) is 11.1. The molecule has 118 valence electrons. The molecule has 23 heavy (non-hydrogen) atoms. The normalized spacial score (nSPS) is 10.8. The molecule has 0 saturated heterocycles. The second kappa shape index (κ2) is 7.17. The van der Waals surface area contributed by atoms with Crippen molar-refractivity contribution in [3.63, 3.8) is 0 Å². The van der Waals surface area contributed by atoms with E-state index in [-0.39, 0.29) is 4.90 Å². The third kappa shape index (κ3) is 3.83. The van der Waals surface area contributed by atoms with E-state index in [1.165, 1.54) is 0 Å². The average Bonchev–Trinajstić information content (AvgIpc) is 2.56. The van der Waals surface area contributed by atoms with Gasteiger partial charge in [0.15, 0.2) is 0 Å². The molecule has 0 radical (unpaired) electrons. The molecule has 0 atom stereocenters. The fourth-order valence-electron chi connectivity index (χ4n) is 2.55. The van der Waals surface area contributed by atoms with Crippen LogP contribution in [0.5, 0.6) is 0 Å². The van der Waals surface area contributed by atoms with Gasteiger partial charge in [0.2, 0.25) is 0 Å². The van der Waals surface area contributed by atoms with E-state index < -0.39 is 10.1 Å². The van der Waals surface area contributed by atoms with Crippen LogP contribution in [-0.4, -0.2) is 19.8 Å². The van der Waals surface area contributed by atoms with Crippen molar-refractivity contribution in [2.75, 3.05) is 0 Å². The molecule has 0 aromatic heterocycles. The Bertz CT molecular complexity index is 903. The smallest absolute Gasteiger partial charge is 0.295 e. The molecule has 0 bridgehead atoms. The van der Waals surface area contributed by atoms with E-state index in [9.17, 15) is 13.0 Å². The summed E-state index contributed by atoms with van der Waals surface area (Å²) in [7, 11) is -4.28. The molecule has 0 saturated carbocycles. The summed E-state index contributed by atoms with van der Waals surface area (Å²) in [6, 6.07) is 20.4. The van der Waals surface area contributed by atoms with Crippen LogP contribution in [0.3, 0.4) is 0 Å². The molecule has 0 aliphatic heterocycles. The molecule has 0 spiro atoms. The van der Waals surface area contributed by atoms with Crippen LogP contribution in [0.15, 0.2) is 71.6 Å². The minimum atomic E-state index is -4.28. The van der Waals surface area contributed by atoms with E-state index in [2.05, 4.69) is 0 Å². The van der Waals surface area contributed by atoms with Crippen molar-refractivity contribution in [2.45, 2.75) is 11.3 Å². The Kier molecular flexibility index (Phi) is 5.26. The van der Waals surface area contributed by atoms with E-state index in [0.29, 0.717) is 17.4 Å². The molecule has 0 fully saturated rings. The first-order valence-corrected chi connectivity index (χ1v) is 8.30. The Hall–Kier alpha value is -2.50. The number of hydrogen-bond donors (Lipinski definition) is 1. The molecule has 0 aliphatic carbocycles. The molecule has 1 N–H and O–H groups in total. The number of rotatable bonds is 3. The highest BCUT2D eigenvalue weighted by molar-refractivity contribution is 7.86. The fraction of sp³-hybridized carbons (Fsp3) is 0.0556. The number of carbonyl (C=O) groups excluding carboxylic acids is 1. The lowest BCUT2D eigenvalue weighted by Gasteiger charge is -2.11. The Balaban J connectivity index is 0.000000924. The van der Waals surface area contributed by atoms with Gasteiger partial charge in [-0.15, -0.1) is 0 Å². The zero-order chi connectivity index (χ0) is 16.9. The van der Waals surface area contributed by atoms with E-state index in [0.717, 1.165) is 10.9 Å². The highest BCUT2D eigenvalue weighted by atomic mass is 32.2. The monoisotopic (exact) mass is 328 g/mol. The lowest BCUT2D eigenvalue weighted by molar-refractivity contribution is -0.0979. The van der Waals surface area contributed by atoms with Crippen LogP contribution in [0.1, 0.15) is 11.1 Å². The molecule has 3 aromatic rings. The lowest BCUT2D eigenvalue weighted by atomic mass is 10.0. The minimum Gasteiger partial charge on any atom is -0.307 e. The maximum absolute atomic E-state index is 11.8. The van der Waals surface area contributed by atoms with Gasteiger partial charge in [0, 0.05) is 5.39 Å². The molecular formula is C18H16O4S. The van der Waals surface area contributed by atoms with Crippen LogP contribution < -0.4 is 0 Å². The van der Waals surface area contributed by atoms with Crippen LogP contribution in [0, 0.1) is 0 Å². The van der Waals surface area contributed by atoms with Gasteiger partial charge < -0.3 is 4.79 Å². The van der Waals surface area contributed by atoms with E-state index in [4.69, 9.17) is 4.79 Å². The van der Waals surface area contributed by atoms with Crippen LogP contribution in [0.2, 0.25) is 0 Å². The first kappa shape index (κ1) is 16.9. The largest absolute Gasteiger partial charge is 0.307 e. The van der Waals surface area contributed by atoms with Crippen LogP contribution in [-0.2, 0) is 21.3 Å². The zero-order valence-electron chi connectivity index (χ0n) is 12.3. The predicted octanol–water partition coefficient (Wildman–Crippen LogP) is 3.49. The topological polar surface area (TPSA) is 71.4 Å². The van der Waals surface area contributed by atoms with Crippen molar-refractivity contribution < 1.29 is 17.8 Å². The lowest BCUT2D eigenvalue weighted by Crippen LogP contribution is -2.05. The highest BCUT2D eigenvalue weighted by Crippen LogP contribution is 2.28. The van der Waals surface area contributed by atoms with Gasteiger partial charge in [0.25, 0.3) is 10.1 Å². The SMILES string of the molecule is C=O.O=S(=O)(O)c1c(Cc2ccccc2)ccc2ccccc12. The summed E-state index contributed by atoms with van der Waals surface area (Å²) in [6.07, 6.45) is 0.459. The summed E-state index contributed by atoms with van der Waals surface area (Å²) in [5.74, 6) is 0. The van der Waals surface area contributed by atoms with Crippen molar-refractivity contribution in [1.82, 2.24) is 0 Å². The number of benzene rings is 3. The standard InChI is InChI=1S/C17H14O3S.CH2O/c18-21(19,20)17-15(12-13-6-2-1-3-7-13)11-10-14-8-4-5-9-16(14)17;1-2/h1-11H,12H2,(H,18,19,20);1H2. The van der Waals surface area contributed by atoms with Crippen molar-refractivity contribution >= 4 is 27.7 Å². The van der Waals surface area contributed by atoms with E-state index in [1.807, 2.05) is 55.3 Å². The molecule has 3 aromatic carbocycles. The average molecular weight is 328 g/mol. The minimum absolute atomic E-state index is 0.00412. The molecule has 0 aliphatic rings. The van der Waals surface area contributed by atoms with Gasteiger partial charge in [-0.05, 0) is 22.9 Å². The number of hydrogen-bond acceptors (Lipinski definition) is 3. The maximum atomic E-state index is 11.8. The fourth-order valence-corrected chi connectivity index (χ4v) is 3.48. The molecule has 5 heteroatoms. The van der Waals surface area contributed by atoms with Crippen molar-refractivity contribution in [3.8, 4) is 0 Å². The summed E-state index contributed by atoms with van der Waals surface area (Å²) in [5, 5.41) is 1.34. The number of carbonyl (C=O) groups is 1. The summed E-state index contributed by atoms with van der Waals surface area (Å²) in [6.45, 7) is 2.00. The van der Waals surface area contributed by atoms with Gasteiger partial charge in [-0.25, -0.2) is 0 Å². The predicted molar refractivity (Wildman–Crippen MR) is 90.1 cm³/mol. The van der Waals surface area contributed by atoms with Crippen LogP contribution in [0.25, 0.3) is 10.8 Å². The summed E-state index contributed by atoms with van der Waals surface area (Å²) in [5.41, 5.74) is 1.60. The van der Waals surface area contributed by atoms with Crippen molar-refractivity contribution in [2.24, 2.45) is 0 Å². The summed E-state index contributed by atoms with van der Waals surface area (Å²) >= 11 is 0. The molecule has 0 unspecified atom stereocenters. The maximum Gasteiger partial charge on any atom is 0.295 e. The summed E-state index contributed by atoms with van der Waals surface area (Å²) in [4.78, 5) is 8.00. The van der Waals surface area contributed by atoms with E-state index >= 15 is 0 Å². The molecule has 0 heterocycles. The second-order valence-corrected chi connectivity index (χ2v) is 6.27. The third-order valence-electron chi connectivity index (χ3n) is 3.46. The molecule has 4 nitrogen and oxygen atoms in total. The van der Waals surface area contributed by atoms with Gasteiger partial charge in [0.05, 0.1) is 0 Å². The van der Waals surface area contributed by atoms with Gasteiger partial charge >= 0.3 is 0 Å². The molecule has 3 rings (SSSR count). The summed E-state index contributed by atoms with van der Waals surface area (Å²) < 4.78 is 33.2. The highest BCUT2D eigenvalue weighted by Gasteiger charge is 2.19.